The number of amides is 3. The number of alkyl carbamates (subject to hydrolysis) is 1. The van der Waals surface area contributed by atoms with Crippen LogP contribution < -0.4 is 10.6 Å². The second-order valence-corrected chi connectivity index (χ2v) is 13.9. The van der Waals surface area contributed by atoms with Crippen molar-refractivity contribution < 1.29 is 28.7 Å². The van der Waals surface area contributed by atoms with E-state index in [0.717, 1.165) is 36.8 Å². The van der Waals surface area contributed by atoms with Crippen LogP contribution in [0.25, 0.3) is 0 Å². The van der Waals surface area contributed by atoms with Gasteiger partial charge >= 0.3 is 12.1 Å². The van der Waals surface area contributed by atoms with Gasteiger partial charge in [0.1, 0.15) is 29.3 Å². The highest BCUT2D eigenvalue weighted by Crippen LogP contribution is 2.25. The molecular weight excluding hydrogens is 582 g/mol. The predicted molar refractivity (Wildman–Crippen MR) is 181 cm³/mol. The number of carbonyl (C=O) groups is 4. The SMILES string of the molecule is CCCCCCCN(C(=O)C(C)NC(=O)OC(C)(C)C)C(C(=O)NC(Cc1ccccc1)C(=O)OC(C)(C)C)c1cccc(C)c1. The lowest BCUT2D eigenvalue weighted by Gasteiger charge is -2.35. The van der Waals surface area contributed by atoms with Gasteiger partial charge in [0.2, 0.25) is 11.8 Å². The molecule has 0 fully saturated rings. The monoisotopic (exact) mass is 637 g/mol. The number of benzene rings is 2. The molecule has 0 aliphatic heterocycles. The summed E-state index contributed by atoms with van der Waals surface area (Å²) in [4.78, 5) is 56.2. The number of hydrogen-bond donors (Lipinski definition) is 2. The molecule has 0 bridgehead atoms. The summed E-state index contributed by atoms with van der Waals surface area (Å²) in [7, 11) is 0. The highest BCUT2D eigenvalue weighted by molar-refractivity contribution is 5.93. The van der Waals surface area contributed by atoms with Crippen molar-refractivity contribution in [2.24, 2.45) is 0 Å². The zero-order valence-electron chi connectivity index (χ0n) is 29.3. The molecule has 0 saturated carbocycles. The summed E-state index contributed by atoms with van der Waals surface area (Å²) in [5, 5.41) is 5.59. The number of ether oxygens (including phenoxy) is 2. The molecular formula is C37H55N3O6. The summed E-state index contributed by atoms with van der Waals surface area (Å²) in [5.74, 6) is -1.51. The van der Waals surface area contributed by atoms with Crippen LogP contribution in [0, 0.1) is 6.92 Å². The van der Waals surface area contributed by atoms with E-state index in [9.17, 15) is 19.2 Å². The Balaban J connectivity index is 2.53. The van der Waals surface area contributed by atoms with Gasteiger partial charge in [-0.2, -0.15) is 0 Å². The fourth-order valence-corrected chi connectivity index (χ4v) is 5.03. The maximum atomic E-state index is 14.4. The zero-order valence-corrected chi connectivity index (χ0v) is 29.3. The highest BCUT2D eigenvalue weighted by atomic mass is 16.6. The normalized spacial score (nSPS) is 13.6. The summed E-state index contributed by atoms with van der Waals surface area (Å²) in [6.45, 7) is 16.5. The van der Waals surface area contributed by atoms with Crippen molar-refractivity contribution in [1.29, 1.82) is 0 Å². The quantitative estimate of drug-likeness (QED) is 0.164. The molecule has 0 radical (unpaired) electrons. The molecule has 2 aromatic carbocycles. The molecule has 0 saturated heterocycles. The molecule has 2 aromatic rings. The summed E-state index contributed by atoms with van der Waals surface area (Å²) in [6, 6.07) is 13.8. The fraction of sp³-hybridized carbons (Fsp3) is 0.568. The molecule has 0 aliphatic rings. The third-order valence-electron chi connectivity index (χ3n) is 7.10. The van der Waals surface area contributed by atoms with Gasteiger partial charge < -0.3 is 25.0 Å². The van der Waals surface area contributed by atoms with Gasteiger partial charge in [0.25, 0.3) is 0 Å². The number of aryl methyl sites for hydroxylation is 1. The third-order valence-corrected chi connectivity index (χ3v) is 7.10. The van der Waals surface area contributed by atoms with E-state index < -0.39 is 53.2 Å². The molecule has 9 heteroatoms. The van der Waals surface area contributed by atoms with E-state index in [4.69, 9.17) is 9.47 Å². The van der Waals surface area contributed by atoms with Crippen molar-refractivity contribution in [3.63, 3.8) is 0 Å². The van der Waals surface area contributed by atoms with E-state index in [1.807, 2.05) is 55.5 Å². The van der Waals surface area contributed by atoms with E-state index in [-0.39, 0.29) is 13.0 Å². The van der Waals surface area contributed by atoms with Crippen LogP contribution in [0.1, 0.15) is 110 Å². The highest BCUT2D eigenvalue weighted by Gasteiger charge is 2.37. The van der Waals surface area contributed by atoms with Crippen LogP contribution in [0.4, 0.5) is 4.79 Å². The van der Waals surface area contributed by atoms with Crippen molar-refractivity contribution in [3.8, 4) is 0 Å². The van der Waals surface area contributed by atoms with Gasteiger partial charge in [-0.1, -0.05) is 92.8 Å². The molecule has 2 N–H and O–H groups in total. The van der Waals surface area contributed by atoms with Crippen LogP contribution in [-0.2, 0) is 30.3 Å². The smallest absolute Gasteiger partial charge is 0.408 e. The second kappa shape index (κ2) is 17.7. The number of nitrogens with one attached hydrogen (secondary N) is 2. The van der Waals surface area contributed by atoms with Crippen LogP contribution in [-0.4, -0.2) is 58.6 Å². The van der Waals surface area contributed by atoms with Crippen LogP contribution in [0.3, 0.4) is 0 Å². The van der Waals surface area contributed by atoms with Crippen molar-refractivity contribution in [2.75, 3.05) is 6.54 Å². The summed E-state index contributed by atoms with van der Waals surface area (Å²) in [6.07, 6.45) is 4.18. The summed E-state index contributed by atoms with van der Waals surface area (Å²) in [5.41, 5.74) is 0.858. The van der Waals surface area contributed by atoms with Crippen LogP contribution >= 0.6 is 0 Å². The topological polar surface area (TPSA) is 114 Å². The Labute approximate surface area is 275 Å². The average molecular weight is 638 g/mol. The second-order valence-electron chi connectivity index (χ2n) is 13.9. The Morgan fingerprint density at radius 1 is 0.804 bits per heavy atom. The molecule has 0 heterocycles. The van der Waals surface area contributed by atoms with Crippen LogP contribution in [0.15, 0.2) is 54.6 Å². The minimum absolute atomic E-state index is 0.212. The van der Waals surface area contributed by atoms with Gasteiger partial charge in [-0.15, -0.1) is 0 Å². The maximum absolute atomic E-state index is 14.4. The van der Waals surface area contributed by atoms with E-state index in [1.165, 1.54) is 4.90 Å². The summed E-state index contributed by atoms with van der Waals surface area (Å²) < 4.78 is 11.1. The first-order valence-corrected chi connectivity index (χ1v) is 16.4. The van der Waals surface area contributed by atoms with E-state index in [1.54, 1.807) is 54.5 Å². The van der Waals surface area contributed by atoms with Gasteiger partial charge in [0.05, 0.1) is 0 Å². The Morgan fingerprint density at radius 2 is 1.43 bits per heavy atom. The standard InChI is InChI=1S/C37H55N3O6/c1-10-11-12-13-17-23-40(33(42)27(3)38-35(44)46-37(7,8)9)31(29-22-18-19-26(2)24-29)32(41)39-30(34(43)45-36(4,5)6)25-28-20-15-14-16-21-28/h14-16,18-22,24,27,30-31H,10-13,17,23,25H2,1-9H3,(H,38,44)(H,39,41). The number of carbonyl (C=O) groups excluding carboxylic acids is 4. The van der Waals surface area contributed by atoms with Crippen LogP contribution in [0.5, 0.6) is 0 Å². The summed E-state index contributed by atoms with van der Waals surface area (Å²) >= 11 is 0. The van der Waals surface area contributed by atoms with Crippen molar-refractivity contribution in [2.45, 2.75) is 130 Å². The average Bonchev–Trinajstić information content (AvgIpc) is 2.94. The first kappa shape index (κ1) is 38.3. The number of esters is 1. The minimum atomic E-state index is -1.07. The van der Waals surface area contributed by atoms with Crippen molar-refractivity contribution in [3.05, 3.63) is 71.3 Å². The molecule has 0 aliphatic carbocycles. The molecule has 9 nitrogen and oxygen atoms in total. The predicted octanol–water partition coefficient (Wildman–Crippen LogP) is 6.82. The lowest BCUT2D eigenvalue weighted by molar-refractivity contribution is -0.159. The molecule has 3 unspecified atom stereocenters. The maximum Gasteiger partial charge on any atom is 0.408 e. The largest absolute Gasteiger partial charge is 0.458 e. The minimum Gasteiger partial charge on any atom is -0.458 e. The van der Waals surface area contributed by atoms with Gasteiger partial charge in [-0.3, -0.25) is 9.59 Å². The van der Waals surface area contributed by atoms with E-state index in [2.05, 4.69) is 17.6 Å². The van der Waals surface area contributed by atoms with E-state index >= 15 is 0 Å². The van der Waals surface area contributed by atoms with Gasteiger partial charge in [-0.05, 0) is 72.9 Å². The van der Waals surface area contributed by atoms with Crippen LogP contribution in [0.2, 0.25) is 0 Å². The molecule has 3 amide bonds. The van der Waals surface area contributed by atoms with E-state index in [0.29, 0.717) is 12.0 Å². The molecule has 0 aromatic heterocycles. The number of rotatable bonds is 15. The number of hydrogen-bond acceptors (Lipinski definition) is 6. The molecule has 0 spiro atoms. The van der Waals surface area contributed by atoms with Crippen molar-refractivity contribution in [1.82, 2.24) is 15.5 Å². The molecule has 254 valence electrons. The molecule has 3 atom stereocenters. The fourth-order valence-electron chi connectivity index (χ4n) is 5.03. The lowest BCUT2D eigenvalue weighted by Crippen LogP contribution is -2.54. The Kier molecular flexibility index (Phi) is 14.8. The van der Waals surface area contributed by atoms with Gasteiger partial charge in [0, 0.05) is 13.0 Å². The molecule has 46 heavy (non-hydrogen) atoms. The Morgan fingerprint density at radius 3 is 2.02 bits per heavy atom. The zero-order chi connectivity index (χ0) is 34.5. The van der Waals surface area contributed by atoms with Gasteiger partial charge in [0.15, 0.2) is 0 Å². The Hall–Kier alpha value is -3.88. The van der Waals surface area contributed by atoms with Crippen molar-refractivity contribution >= 4 is 23.9 Å². The molecule has 2 rings (SSSR count). The van der Waals surface area contributed by atoms with Gasteiger partial charge in [-0.25, -0.2) is 9.59 Å². The first-order valence-electron chi connectivity index (χ1n) is 16.4. The Bertz CT molecular complexity index is 1280. The first-order chi connectivity index (χ1) is 21.5. The number of nitrogens with zero attached hydrogens (tertiary/aromatic N) is 1. The lowest BCUT2D eigenvalue weighted by atomic mass is 9.99. The third kappa shape index (κ3) is 13.6. The number of unbranched alkanes of at least 4 members (excludes halogenated alkanes) is 4.